The van der Waals surface area contributed by atoms with Gasteiger partial charge in [0.1, 0.15) is 0 Å². The fourth-order valence-corrected chi connectivity index (χ4v) is 2.57. The lowest BCUT2D eigenvalue weighted by Crippen LogP contribution is -2.25. The van der Waals surface area contributed by atoms with Gasteiger partial charge >= 0.3 is 0 Å². The predicted octanol–water partition coefficient (Wildman–Crippen LogP) is 3.82. The molecule has 0 aliphatic rings. The zero-order valence-corrected chi connectivity index (χ0v) is 13.8. The maximum atomic E-state index is 12.6. The highest BCUT2D eigenvalue weighted by atomic mass is 35.5. The number of nitrogens with two attached hydrogens (primary N) is 1. The van der Waals surface area contributed by atoms with Crippen molar-refractivity contribution in [1.29, 1.82) is 0 Å². The molecule has 2 rings (SSSR count). The van der Waals surface area contributed by atoms with Gasteiger partial charge in [-0.3, -0.25) is 9.59 Å². The lowest BCUT2D eigenvalue weighted by molar-refractivity contribution is -0.118. The molecule has 0 aromatic heterocycles. The normalized spacial score (nSPS) is 12.0. The van der Waals surface area contributed by atoms with E-state index in [1.54, 1.807) is 36.4 Å². The fraction of sp³-hybridized carbons (Fsp3) is 0.222. The summed E-state index contributed by atoms with van der Waals surface area (Å²) in [6, 6.07) is 13.8. The number of amides is 2. The first-order chi connectivity index (χ1) is 10.9. The highest BCUT2D eigenvalue weighted by Gasteiger charge is 2.24. The number of halogens is 1. The monoisotopic (exact) mass is 330 g/mol. The lowest BCUT2D eigenvalue weighted by atomic mass is 9.87. The van der Waals surface area contributed by atoms with Crippen molar-refractivity contribution in [3.05, 3.63) is 64.7 Å². The second-order valence-corrected chi connectivity index (χ2v) is 6.14. The molecule has 0 spiro atoms. The van der Waals surface area contributed by atoms with Crippen LogP contribution in [0.5, 0.6) is 0 Å². The van der Waals surface area contributed by atoms with E-state index in [-0.39, 0.29) is 17.7 Å². The van der Waals surface area contributed by atoms with Gasteiger partial charge in [0.05, 0.1) is 5.92 Å². The summed E-state index contributed by atoms with van der Waals surface area (Å²) in [5.41, 5.74) is 7.15. The van der Waals surface area contributed by atoms with E-state index in [1.165, 1.54) is 0 Å². The number of nitrogens with one attached hydrogen (secondary N) is 1. The maximum absolute atomic E-state index is 12.6. The van der Waals surface area contributed by atoms with Gasteiger partial charge in [0.25, 0.3) is 0 Å². The van der Waals surface area contributed by atoms with E-state index in [0.717, 1.165) is 5.56 Å². The average Bonchev–Trinajstić information content (AvgIpc) is 2.49. The molecule has 120 valence electrons. The van der Waals surface area contributed by atoms with E-state index in [9.17, 15) is 9.59 Å². The minimum absolute atomic E-state index is 0.103. The molecular weight excluding hydrogens is 312 g/mol. The quantitative estimate of drug-likeness (QED) is 0.874. The average molecular weight is 331 g/mol. The van der Waals surface area contributed by atoms with Crippen LogP contribution >= 0.6 is 11.6 Å². The Labute approximate surface area is 140 Å². The van der Waals surface area contributed by atoms with E-state index in [1.807, 2.05) is 26.0 Å². The molecule has 5 heteroatoms. The summed E-state index contributed by atoms with van der Waals surface area (Å²) < 4.78 is 0. The summed E-state index contributed by atoms with van der Waals surface area (Å²) in [5.74, 6) is -0.762. The van der Waals surface area contributed by atoms with E-state index in [4.69, 9.17) is 17.3 Å². The van der Waals surface area contributed by atoms with Crippen LogP contribution in [0.1, 0.15) is 35.7 Å². The van der Waals surface area contributed by atoms with Crippen molar-refractivity contribution < 1.29 is 9.59 Å². The summed E-state index contributed by atoms with van der Waals surface area (Å²) in [4.78, 5) is 23.7. The Balaban J connectivity index is 2.18. The second-order valence-electron chi connectivity index (χ2n) is 5.70. The van der Waals surface area contributed by atoms with Crippen molar-refractivity contribution in [3.63, 3.8) is 0 Å². The van der Waals surface area contributed by atoms with Crippen LogP contribution in [0.15, 0.2) is 48.5 Å². The maximum Gasteiger partial charge on any atom is 0.248 e. The zero-order chi connectivity index (χ0) is 17.0. The van der Waals surface area contributed by atoms with Gasteiger partial charge in [-0.1, -0.05) is 37.6 Å². The van der Waals surface area contributed by atoms with Gasteiger partial charge in [-0.15, -0.1) is 0 Å². The second kappa shape index (κ2) is 7.29. The Morgan fingerprint density at radius 1 is 1.00 bits per heavy atom. The third-order valence-corrected chi connectivity index (χ3v) is 3.87. The van der Waals surface area contributed by atoms with E-state index in [2.05, 4.69) is 5.32 Å². The van der Waals surface area contributed by atoms with Crippen molar-refractivity contribution in [2.24, 2.45) is 11.7 Å². The van der Waals surface area contributed by atoms with Gasteiger partial charge in [0, 0.05) is 16.3 Å². The van der Waals surface area contributed by atoms with Crippen molar-refractivity contribution in [2.45, 2.75) is 19.8 Å². The molecule has 1 unspecified atom stereocenters. The summed E-state index contributed by atoms with van der Waals surface area (Å²) in [5, 5.41) is 3.52. The smallest absolute Gasteiger partial charge is 0.248 e. The Kier molecular flexibility index (Phi) is 5.40. The molecule has 0 saturated carbocycles. The molecule has 3 N–H and O–H groups in total. The van der Waals surface area contributed by atoms with E-state index in [0.29, 0.717) is 16.3 Å². The number of primary amides is 1. The highest BCUT2D eigenvalue weighted by Crippen LogP contribution is 2.27. The van der Waals surface area contributed by atoms with Gasteiger partial charge in [-0.05, 0) is 47.9 Å². The van der Waals surface area contributed by atoms with Gasteiger partial charge in [-0.25, -0.2) is 0 Å². The fourth-order valence-electron chi connectivity index (χ4n) is 2.45. The van der Waals surface area contributed by atoms with Gasteiger partial charge < -0.3 is 11.1 Å². The summed E-state index contributed by atoms with van der Waals surface area (Å²) in [7, 11) is 0. The Morgan fingerprint density at radius 2 is 1.57 bits per heavy atom. The topological polar surface area (TPSA) is 72.2 Å². The molecule has 2 aromatic carbocycles. The molecular formula is C18H19ClN2O2. The van der Waals surface area contributed by atoms with Gasteiger partial charge in [0.2, 0.25) is 11.8 Å². The molecule has 0 heterocycles. The van der Waals surface area contributed by atoms with Crippen molar-refractivity contribution in [1.82, 2.24) is 0 Å². The van der Waals surface area contributed by atoms with Crippen molar-refractivity contribution >= 4 is 29.1 Å². The third-order valence-electron chi connectivity index (χ3n) is 3.62. The first-order valence-corrected chi connectivity index (χ1v) is 7.72. The van der Waals surface area contributed by atoms with Gasteiger partial charge in [0.15, 0.2) is 0 Å². The van der Waals surface area contributed by atoms with Gasteiger partial charge in [-0.2, -0.15) is 0 Å². The minimum atomic E-state index is -0.496. The van der Waals surface area contributed by atoms with Crippen LogP contribution in [0.25, 0.3) is 0 Å². The number of benzene rings is 2. The van der Waals surface area contributed by atoms with Crippen LogP contribution in [0.2, 0.25) is 5.02 Å². The highest BCUT2D eigenvalue weighted by molar-refractivity contribution is 6.30. The molecule has 0 aliphatic heterocycles. The van der Waals surface area contributed by atoms with Crippen LogP contribution in [0, 0.1) is 5.92 Å². The van der Waals surface area contributed by atoms with Crippen LogP contribution in [-0.4, -0.2) is 11.8 Å². The number of carbonyl (C=O) groups excluding carboxylic acids is 2. The molecule has 4 nitrogen and oxygen atoms in total. The Hall–Kier alpha value is -2.33. The number of hydrogen-bond donors (Lipinski definition) is 2. The number of hydrogen-bond acceptors (Lipinski definition) is 2. The third kappa shape index (κ3) is 4.33. The van der Waals surface area contributed by atoms with Crippen molar-refractivity contribution in [2.75, 3.05) is 5.32 Å². The molecule has 0 bridgehead atoms. The first kappa shape index (κ1) is 17.0. The lowest BCUT2D eigenvalue weighted by Gasteiger charge is -2.21. The molecule has 0 saturated heterocycles. The molecule has 2 amide bonds. The number of anilines is 1. The van der Waals surface area contributed by atoms with Crippen LogP contribution in [-0.2, 0) is 4.79 Å². The number of rotatable bonds is 5. The Bertz CT molecular complexity index is 694. The minimum Gasteiger partial charge on any atom is -0.366 e. The van der Waals surface area contributed by atoms with E-state index >= 15 is 0 Å². The summed E-state index contributed by atoms with van der Waals surface area (Å²) >= 11 is 5.91. The van der Waals surface area contributed by atoms with Crippen LogP contribution < -0.4 is 11.1 Å². The Morgan fingerprint density at radius 3 is 2.04 bits per heavy atom. The SMILES string of the molecule is CC(C)C(C(=O)Nc1ccc(C(N)=O)cc1)c1ccc(Cl)cc1. The zero-order valence-electron chi connectivity index (χ0n) is 13.0. The predicted molar refractivity (Wildman–Crippen MR) is 92.6 cm³/mol. The van der Waals surface area contributed by atoms with Crippen molar-refractivity contribution in [3.8, 4) is 0 Å². The van der Waals surface area contributed by atoms with Crippen LogP contribution in [0.4, 0.5) is 5.69 Å². The molecule has 23 heavy (non-hydrogen) atoms. The molecule has 1 atom stereocenters. The molecule has 0 radical (unpaired) electrons. The van der Waals surface area contributed by atoms with Crippen LogP contribution in [0.3, 0.4) is 0 Å². The largest absolute Gasteiger partial charge is 0.366 e. The molecule has 0 aliphatic carbocycles. The summed E-state index contributed by atoms with van der Waals surface area (Å²) in [6.07, 6.45) is 0. The summed E-state index contributed by atoms with van der Waals surface area (Å²) in [6.45, 7) is 3.99. The standard InChI is InChI=1S/C18H19ClN2O2/c1-11(2)16(12-3-7-14(19)8-4-12)18(23)21-15-9-5-13(6-10-15)17(20)22/h3-11,16H,1-2H3,(H2,20,22)(H,21,23). The number of carbonyl (C=O) groups is 2. The first-order valence-electron chi connectivity index (χ1n) is 7.34. The van der Waals surface area contributed by atoms with E-state index < -0.39 is 5.91 Å². The molecule has 0 fully saturated rings. The molecule has 2 aromatic rings.